The van der Waals surface area contributed by atoms with E-state index in [1.54, 1.807) is 7.11 Å². The molecule has 3 aliphatic rings. The molecule has 0 aromatic carbocycles. The average Bonchev–Trinajstić information content (AvgIpc) is 3.64. The number of carbonyl (C=O) groups is 1. The van der Waals surface area contributed by atoms with Gasteiger partial charge in [-0.05, 0) is 46.5 Å². The highest BCUT2D eigenvalue weighted by Gasteiger charge is 2.72. The van der Waals surface area contributed by atoms with Gasteiger partial charge in [-0.15, -0.1) is 0 Å². The van der Waals surface area contributed by atoms with Crippen molar-refractivity contribution in [3.63, 3.8) is 0 Å². The van der Waals surface area contributed by atoms with E-state index in [0.29, 0.717) is 31.7 Å². The van der Waals surface area contributed by atoms with Crippen LogP contribution in [0.2, 0.25) is 0 Å². The fourth-order valence-electron chi connectivity index (χ4n) is 5.29. The Balaban J connectivity index is 1.41. The van der Waals surface area contributed by atoms with Crippen LogP contribution >= 0.6 is 0 Å². The second-order valence-corrected chi connectivity index (χ2v) is 9.82. The van der Waals surface area contributed by atoms with E-state index in [0.717, 1.165) is 12.8 Å². The van der Waals surface area contributed by atoms with E-state index in [4.69, 9.17) is 18.9 Å². The first-order valence-electron chi connectivity index (χ1n) is 11.7. The fourth-order valence-corrected chi connectivity index (χ4v) is 5.29. The summed E-state index contributed by atoms with van der Waals surface area (Å²) in [4.78, 5) is 26.4. The molecule has 2 aliphatic heterocycles. The number of amides is 1. The van der Waals surface area contributed by atoms with Crippen molar-refractivity contribution in [3.8, 4) is 0 Å². The van der Waals surface area contributed by atoms with Crippen molar-refractivity contribution in [3.05, 3.63) is 28.0 Å². The number of nitrogens with one attached hydrogen (secondary N) is 2. The average molecular weight is 466 g/mol. The van der Waals surface area contributed by atoms with Gasteiger partial charge in [-0.25, -0.2) is 9.59 Å². The normalized spacial score (nSPS) is 35.7. The minimum atomic E-state index is -0.617. The molecule has 33 heavy (non-hydrogen) atoms. The van der Waals surface area contributed by atoms with E-state index in [2.05, 4.69) is 46.8 Å². The monoisotopic (exact) mass is 465 g/mol. The topological polar surface area (TPSA) is 132 Å². The van der Waals surface area contributed by atoms with Gasteiger partial charge in [0.1, 0.15) is 23.4 Å². The molecule has 7 atom stereocenters. The number of methoxy groups -OCH3 is 1. The first kappa shape index (κ1) is 24.0. The quantitative estimate of drug-likeness (QED) is 0.420. The van der Waals surface area contributed by atoms with Gasteiger partial charge >= 0.3 is 11.8 Å². The van der Waals surface area contributed by atoms with Gasteiger partial charge in [0.25, 0.3) is 0 Å². The van der Waals surface area contributed by atoms with Crippen LogP contribution in [-0.2, 0) is 25.4 Å². The second-order valence-electron chi connectivity index (χ2n) is 9.82. The Bertz CT molecular complexity index is 932. The number of rotatable bonds is 9. The lowest BCUT2D eigenvalue weighted by Gasteiger charge is -2.42. The summed E-state index contributed by atoms with van der Waals surface area (Å²) in [6, 6.07) is -0.255. The molecule has 10 nitrogen and oxygen atoms in total. The summed E-state index contributed by atoms with van der Waals surface area (Å²) in [5, 5.41) is 6.54. The third-order valence-electron chi connectivity index (χ3n) is 7.24. The van der Waals surface area contributed by atoms with Crippen LogP contribution in [0.3, 0.4) is 0 Å². The molecule has 1 amide bonds. The Kier molecular flexibility index (Phi) is 6.70. The number of epoxide rings is 2. The maximum atomic E-state index is 12.8. The molecule has 10 heteroatoms. The summed E-state index contributed by atoms with van der Waals surface area (Å²) in [5.74, 6) is -0.263. The van der Waals surface area contributed by atoms with Crippen LogP contribution in [0.25, 0.3) is 0 Å². The van der Waals surface area contributed by atoms with Gasteiger partial charge in [0.05, 0.1) is 18.6 Å². The molecule has 2 N–H and O–H groups in total. The summed E-state index contributed by atoms with van der Waals surface area (Å²) in [5.41, 5.74) is 0.609. The molecule has 2 saturated heterocycles. The Labute approximate surface area is 193 Å². The molecule has 3 heterocycles. The van der Waals surface area contributed by atoms with E-state index in [1.807, 2.05) is 6.92 Å². The molecule has 1 spiro atoms. The smallest absolute Gasteiger partial charge is 0.438 e. The van der Waals surface area contributed by atoms with Gasteiger partial charge in [0, 0.05) is 19.6 Å². The van der Waals surface area contributed by atoms with E-state index in [-0.39, 0.29) is 35.4 Å². The van der Waals surface area contributed by atoms with E-state index >= 15 is 0 Å². The van der Waals surface area contributed by atoms with Crippen molar-refractivity contribution in [1.82, 2.24) is 15.5 Å². The molecule has 1 unspecified atom stereocenters. The number of carbonyl (C=O) groups excluding carboxylic acids is 1. The molecule has 1 aromatic rings. The van der Waals surface area contributed by atoms with Crippen molar-refractivity contribution in [2.45, 2.75) is 95.4 Å². The molecule has 4 rings (SSSR count). The molecule has 184 valence electrons. The summed E-state index contributed by atoms with van der Waals surface area (Å²) >= 11 is 0. The van der Waals surface area contributed by atoms with Gasteiger partial charge in [0.15, 0.2) is 5.82 Å². The van der Waals surface area contributed by atoms with Gasteiger partial charge in [-0.3, -0.25) is 9.51 Å². The highest BCUT2D eigenvalue weighted by atomic mass is 16.6. The zero-order chi connectivity index (χ0) is 23.8. The van der Waals surface area contributed by atoms with Crippen LogP contribution in [-0.4, -0.2) is 65.5 Å². The summed E-state index contributed by atoms with van der Waals surface area (Å²) in [7, 11) is 1.65. The lowest BCUT2D eigenvalue weighted by atomic mass is 9.68. The lowest BCUT2D eigenvalue weighted by Crippen LogP contribution is -2.56. The number of allylic oxidation sites excluding steroid dienone is 1. The Morgan fingerprint density at radius 1 is 1.42 bits per heavy atom. The zero-order valence-electron chi connectivity index (χ0n) is 20.0. The summed E-state index contributed by atoms with van der Waals surface area (Å²) < 4.78 is 28.5. The Hall–Kier alpha value is -2.17. The van der Waals surface area contributed by atoms with E-state index in [1.165, 1.54) is 5.57 Å². The van der Waals surface area contributed by atoms with Crippen LogP contribution in [0, 0.1) is 5.92 Å². The second kappa shape index (κ2) is 9.23. The first-order chi connectivity index (χ1) is 15.7. The Morgan fingerprint density at radius 3 is 2.76 bits per heavy atom. The van der Waals surface area contributed by atoms with Crippen LogP contribution in [0.5, 0.6) is 0 Å². The molecule has 0 radical (unpaired) electrons. The summed E-state index contributed by atoms with van der Waals surface area (Å²) in [6.07, 6.45) is 4.29. The van der Waals surface area contributed by atoms with Crippen molar-refractivity contribution < 1.29 is 28.3 Å². The van der Waals surface area contributed by atoms with Crippen LogP contribution in [0.4, 0.5) is 4.79 Å². The van der Waals surface area contributed by atoms with Crippen LogP contribution in [0.1, 0.15) is 59.2 Å². The van der Waals surface area contributed by atoms with Crippen molar-refractivity contribution in [1.29, 1.82) is 0 Å². The lowest BCUT2D eigenvalue weighted by molar-refractivity contribution is -0.118. The molecule has 1 aromatic heterocycles. The van der Waals surface area contributed by atoms with Crippen LogP contribution < -0.4 is 11.1 Å². The maximum Gasteiger partial charge on any atom is 0.438 e. The number of hydrogen-bond donors (Lipinski definition) is 2. The number of aromatic amines is 1. The largest absolute Gasteiger partial charge is 0.443 e. The predicted octanol–water partition coefficient (Wildman–Crippen LogP) is 2.49. The SMILES string of the molecule is CC[C@@H](Cc1noc(=O)[nH]1)NC(=O)O[C@@H]1CC[C@]2(CO2)C([C@@]2(C)O[C@@H]2CC=C(C)C)[C@@H]1OC. The number of H-pyrrole nitrogens is 1. The van der Waals surface area contributed by atoms with Gasteiger partial charge in [-0.2, -0.15) is 0 Å². The first-order valence-corrected chi connectivity index (χ1v) is 11.7. The highest BCUT2D eigenvalue weighted by molar-refractivity contribution is 5.68. The Morgan fingerprint density at radius 2 is 2.18 bits per heavy atom. The number of ether oxygens (including phenoxy) is 4. The van der Waals surface area contributed by atoms with E-state index < -0.39 is 18.0 Å². The molecule has 1 saturated carbocycles. The number of aromatic nitrogens is 2. The third kappa shape index (κ3) is 5.02. The minimum absolute atomic E-state index is 0.0284. The number of alkyl carbamates (subject to hydrolysis) is 1. The molecular formula is C23H35N3O7. The van der Waals surface area contributed by atoms with Gasteiger partial charge < -0.3 is 24.3 Å². The molecule has 3 fully saturated rings. The van der Waals surface area contributed by atoms with E-state index in [9.17, 15) is 9.59 Å². The fraction of sp³-hybridized carbons (Fsp3) is 0.783. The highest BCUT2D eigenvalue weighted by Crippen LogP contribution is 2.59. The minimum Gasteiger partial charge on any atom is -0.443 e. The summed E-state index contributed by atoms with van der Waals surface area (Å²) in [6.45, 7) is 8.89. The molecule has 0 bridgehead atoms. The van der Waals surface area contributed by atoms with Crippen LogP contribution in [0.15, 0.2) is 21.0 Å². The van der Waals surface area contributed by atoms with Gasteiger partial charge in [-0.1, -0.05) is 23.7 Å². The van der Waals surface area contributed by atoms with Crippen molar-refractivity contribution in [2.75, 3.05) is 13.7 Å². The van der Waals surface area contributed by atoms with Crippen molar-refractivity contribution in [2.24, 2.45) is 5.92 Å². The van der Waals surface area contributed by atoms with Crippen molar-refractivity contribution >= 4 is 6.09 Å². The maximum absolute atomic E-state index is 12.8. The third-order valence-corrected chi connectivity index (χ3v) is 7.24. The number of nitrogens with zero attached hydrogens (tertiary/aromatic N) is 1. The predicted molar refractivity (Wildman–Crippen MR) is 118 cm³/mol. The molecule has 1 aliphatic carbocycles. The zero-order valence-corrected chi connectivity index (χ0v) is 20.0. The molecular weight excluding hydrogens is 430 g/mol. The standard InChI is InChI=1S/C23H35N3O7/c1-6-14(11-17-25-21(28)33-26-17)24-20(27)31-15-9-10-23(12-30-23)19(18(15)29-5)22(4)16(32-22)8-7-13(2)3/h7,14-16,18-19H,6,8-12H2,1-5H3,(H,24,27)(H,25,26,28)/t14-,15+,16+,18+,19?,22-,23-/m0/s1. The number of hydrogen-bond acceptors (Lipinski definition) is 8. The van der Waals surface area contributed by atoms with Gasteiger partial charge in [0.2, 0.25) is 0 Å².